The molecule has 0 saturated heterocycles. The highest BCUT2D eigenvalue weighted by Gasteiger charge is 2.14. The van der Waals surface area contributed by atoms with Crippen LogP contribution in [0.15, 0.2) is 12.7 Å². The normalized spacial score (nSPS) is 11.0. The lowest BCUT2D eigenvalue weighted by atomic mass is 10.1. The molecular weight excluding hydrogens is 158 g/mol. The standard InChI is InChI=1S/C5H11NO2.C3H4O/c1-3(2)4(6)5(7)8;1-2-3-4/h3-4H,6H2,1-2H3,(H,7,8);2-3H,1H2/t4-;/m0./s1. The number of aldehydes is 1. The van der Waals surface area contributed by atoms with Crippen molar-refractivity contribution in [3.05, 3.63) is 12.7 Å². The molecule has 0 aliphatic rings. The maximum Gasteiger partial charge on any atom is 0.320 e. The van der Waals surface area contributed by atoms with E-state index in [-0.39, 0.29) is 5.92 Å². The molecule has 0 unspecified atom stereocenters. The Morgan fingerprint density at radius 2 is 1.92 bits per heavy atom. The van der Waals surface area contributed by atoms with Gasteiger partial charge in [0.05, 0.1) is 0 Å². The number of carbonyl (C=O) groups is 2. The van der Waals surface area contributed by atoms with Gasteiger partial charge in [0.25, 0.3) is 0 Å². The van der Waals surface area contributed by atoms with Crippen molar-refractivity contribution in [2.24, 2.45) is 11.7 Å². The number of carboxylic acids is 1. The fourth-order valence-corrected chi connectivity index (χ4v) is 0.285. The summed E-state index contributed by atoms with van der Waals surface area (Å²) >= 11 is 0. The van der Waals surface area contributed by atoms with E-state index in [1.165, 1.54) is 6.08 Å². The lowest BCUT2D eigenvalue weighted by molar-refractivity contribution is -0.139. The second kappa shape index (κ2) is 7.94. The van der Waals surface area contributed by atoms with Gasteiger partial charge in [-0.25, -0.2) is 0 Å². The Morgan fingerprint density at radius 1 is 1.58 bits per heavy atom. The number of carbonyl (C=O) groups excluding carboxylic acids is 1. The average Bonchev–Trinajstić information content (AvgIpc) is 2.03. The minimum absolute atomic E-state index is 0.0208. The third-order valence-corrected chi connectivity index (χ3v) is 1.10. The van der Waals surface area contributed by atoms with E-state index in [4.69, 9.17) is 15.6 Å². The number of hydrogen-bond donors (Lipinski definition) is 2. The van der Waals surface area contributed by atoms with E-state index in [2.05, 4.69) is 6.58 Å². The number of nitrogens with two attached hydrogens (primary N) is 1. The van der Waals surface area contributed by atoms with E-state index in [9.17, 15) is 4.79 Å². The maximum atomic E-state index is 10.0. The molecule has 0 fully saturated rings. The maximum absolute atomic E-state index is 10.0. The van der Waals surface area contributed by atoms with Crippen molar-refractivity contribution < 1.29 is 14.7 Å². The Bertz CT molecular complexity index is 148. The summed E-state index contributed by atoms with van der Waals surface area (Å²) in [7, 11) is 0. The summed E-state index contributed by atoms with van der Waals surface area (Å²) in [6.07, 6.45) is 1.83. The Labute approximate surface area is 72.1 Å². The van der Waals surface area contributed by atoms with Crippen molar-refractivity contribution in [3.63, 3.8) is 0 Å². The molecule has 4 heteroatoms. The summed E-state index contributed by atoms with van der Waals surface area (Å²) in [4.78, 5) is 19.1. The Hall–Kier alpha value is -1.16. The van der Waals surface area contributed by atoms with Gasteiger partial charge in [-0.1, -0.05) is 20.4 Å². The van der Waals surface area contributed by atoms with Gasteiger partial charge in [0.2, 0.25) is 0 Å². The molecule has 12 heavy (non-hydrogen) atoms. The van der Waals surface area contributed by atoms with Crippen molar-refractivity contribution in [2.45, 2.75) is 19.9 Å². The van der Waals surface area contributed by atoms with Gasteiger partial charge >= 0.3 is 5.97 Å². The van der Waals surface area contributed by atoms with Crippen LogP contribution in [0.4, 0.5) is 0 Å². The minimum Gasteiger partial charge on any atom is -0.480 e. The highest BCUT2D eigenvalue weighted by Crippen LogP contribution is 1.96. The number of carboxylic acid groups (broad SMARTS) is 1. The van der Waals surface area contributed by atoms with Crippen LogP contribution >= 0.6 is 0 Å². The first kappa shape index (κ1) is 13.4. The summed E-state index contributed by atoms with van der Waals surface area (Å²) in [5, 5.41) is 8.23. The number of hydrogen-bond acceptors (Lipinski definition) is 3. The van der Waals surface area contributed by atoms with E-state index < -0.39 is 12.0 Å². The zero-order valence-electron chi connectivity index (χ0n) is 7.36. The van der Waals surface area contributed by atoms with E-state index in [1.54, 1.807) is 13.8 Å². The van der Waals surface area contributed by atoms with Crippen molar-refractivity contribution in [3.8, 4) is 0 Å². The van der Waals surface area contributed by atoms with E-state index in [1.807, 2.05) is 0 Å². The van der Waals surface area contributed by atoms with Crippen LogP contribution < -0.4 is 5.73 Å². The van der Waals surface area contributed by atoms with Crippen LogP contribution in [-0.4, -0.2) is 23.4 Å². The van der Waals surface area contributed by atoms with Crippen LogP contribution in [0.2, 0.25) is 0 Å². The molecule has 4 nitrogen and oxygen atoms in total. The molecule has 0 aromatic heterocycles. The second-order valence-electron chi connectivity index (χ2n) is 2.48. The molecule has 0 saturated carbocycles. The molecule has 1 atom stereocenters. The van der Waals surface area contributed by atoms with Crippen molar-refractivity contribution in [2.75, 3.05) is 0 Å². The van der Waals surface area contributed by atoms with Crippen LogP contribution in [0, 0.1) is 5.92 Å². The van der Waals surface area contributed by atoms with Crippen LogP contribution in [-0.2, 0) is 9.59 Å². The Kier molecular flexibility index (Phi) is 8.89. The van der Waals surface area contributed by atoms with Crippen molar-refractivity contribution in [1.82, 2.24) is 0 Å². The first-order valence-electron chi connectivity index (χ1n) is 3.52. The molecular formula is C8H15NO3. The van der Waals surface area contributed by atoms with E-state index >= 15 is 0 Å². The average molecular weight is 173 g/mol. The fourth-order valence-electron chi connectivity index (χ4n) is 0.285. The van der Waals surface area contributed by atoms with Gasteiger partial charge in [0, 0.05) is 0 Å². The molecule has 0 aliphatic heterocycles. The van der Waals surface area contributed by atoms with Gasteiger partial charge in [0.1, 0.15) is 12.3 Å². The topological polar surface area (TPSA) is 80.4 Å². The molecule has 0 amide bonds. The molecule has 0 aliphatic carbocycles. The molecule has 70 valence electrons. The minimum atomic E-state index is -0.931. The van der Waals surface area contributed by atoms with Gasteiger partial charge in [0.15, 0.2) is 0 Å². The molecule has 0 radical (unpaired) electrons. The first-order valence-corrected chi connectivity index (χ1v) is 3.52. The third kappa shape index (κ3) is 8.84. The van der Waals surface area contributed by atoms with Gasteiger partial charge in [-0.15, -0.1) is 0 Å². The predicted octanol–water partition coefficient (Wildman–Crippen LogP) is 0.426. The molecule has 0 aromatic carbocycles. The lowest BCUT2D eigenvalue weighted by Gasteiger charge is -2.07. The molecule has 0 aromatic rings. The fraction of sp³-hybridized carbons (Fsp3) is 0.500. The van der Waals surface area contributed by atoms with E-state index in [0.29, 0.717) is 6.29 Å². The van der Waals surface area contributed by atoms with Crippen molar-refractivity contribution in [1.29, 1.82) is 0 Å². The van der Waals surface area contributed by atoms with E-state index in [0.717, 1.165) is 0 Å². The second-order valence-corrected chi connectivity index (χ2v) is 2.48. The number of rotatable bonds is 3. The van der Waals surface area contributed by atoms with Crippen LogP contribution in [0.25, 0.3) is 0 Å². The predicted molar refractivity (Wildman–Crippen MR) is 46.7 cm³/mol. The van der Waals surface area contributed by atoms with Crippen LogP contribution in [0.3, 0.4) is 0 Å². The highest BCUT2D eigenvalue weighted by molar-refractivity contribution is 5.73. The smallest absolute Gasteiger partial charge is 0.320 e. The summed E-state index contributed by atoms with van der Waals surface area (Å²) in [5.74, 6) is -0.910. The molecule has 3 N–H and O–H groups in total. The summed E-state index contributed by atoms with van der Waals surface area (Å²) in [6, 6.07) is -0.713. The third-order valence-electron chi connectivity index (χ3n) is 1.10. The Balaban J connectivity index is 0. The Morgan fingerprint density at radius 3 is 1.92 bits per heavy atom. The van der Waals surface area contributed by atoms with Gasteiger partial charge < -0.3 is 10.8 Å². The largest absolute Gasteiger partial charge is 0.480 e. The van der Waals surface area contributed by atoms with Crippen LogP contribution in [0.1, 0.15) is 13.8 Å². The molecule has 0 bridgehead atoms. The van der Waals surface area contributed by atoms with Crippen LogP contribution in [0.5, 0.6) is 0 Å². The summed E-state index contributed by atoms with van der Waals surface area (Å²) in [5.41, 5.74) is 5.16. The highest BCUT2D eigenvalue weighted by atomic mass is 16.4. The molecule has 0 rings (SSSR count). The quantitative estimate of drug-likeness (QED) is 0.479. The van der Waals surface area contributed by atoms with Gasteiger partial charge in [-0.2, -0.15) is 0 Å². The van der Waals surface area contributed by atoms with Gasteiger partial charge in [-0.3, -0.25) is 9.59 Å². The first-order chi connectivity index (χ1) is 5.47. The zero-order chi connectivity index (χ0) is 10.1. The molecule has 0 spiro atoms. The lowest BCUT2D eigenvalue weighted by Crippen LogP contribution is -2.34. The zero-order valence-corrected chi connectivity index (χ0v) is 7.36. The van der Waals surface area contributed by atoms with Crippen molar-refractivity contribution >= 4 is 12.3 Å². The monoisotopic (exact) mass is 173 g/mol. The number of aliphatic carboxylic acids is 1. The molecule has 0 heterocycles. The summed E-state index contributed by atoms with van der Waals surface area (Å²) < 4.78 is 0. The summed E-state index contributed by atoms with van der Waals surface area (Å²) in [6.45, 7) is 6.66. The number of allylic oxidation sites excluding steroid dienone is 1. The van der Waals surface area contributed by atoms with Gasteiger partial charge in [-0.05, 0) is 12.0 Å². The SMILES string of the molecule is C=CC=O.CC(C)[C@H](N)C(=O)O.